The van der Waals surface area contributed by atoms with E-state index < -0.39 is 0 Å². The minimum absolute atomic E-state index is 0.177. The summed E-state index contributed by atoms with van der Waals surface area (Å²) in [7, 11) is 0. The van der Waals surface area contributed by atoms with Gasteiger partial charge in [-0.2, -0.15) is 0 Å². The third-order valence-electron chi connectivity index (χ3n) is 2.77. The molecule has 0 radical (unpaired) electrons. The molecule has 0 unspecified atom stereocenters. The van der Waals surface area contributed by atoms with Crippen molar-refractivity contribution in [3.05, 3.63) is 0 Å². The standard InChI is InChI=1S/C15H27ClO4/c1-2-12-19-14(17)9-5-6-10-15(18)20-13-8-4-3-7-11-16/h2-13H2,1H3. The van der Waals surface area contributed by atoms with Crippen LogP contribution in [0.25, 0.3) is 0 Å². The fourth-order valence-electron chi connectivity index (χ4n) is 1.64. The molecule has 0 saturated heterocycles. The minimum Gasteiger partial charge on any atom is -0.466 e. The lowest BCUT2D eigenvalue weighted by molar-refractivity contribution is -0.146. The molecule has 0 N–H and O–H groups in total. The number of esters is 2. The summed E-state index contributed by atoms with van der Waals surface area (Å²) in [4.78, 5) is 22.6. The van der Waals surface area contributed by atoms with E-state index in [2.05, 4.69) is 0 Å². The van der Waals surface area contributed by atoms with E-state index in [0.29, 0.717) is 44.8 Å². The van der Waals surface area contributed by atoms with Gasteiger partial charge in [-0.15, -0.1) is 11.6 Å². The molecule has 0 atom stereocenters. The molecule has 0 aromatic rings. The molecule has 0 spiro atoms. The van der Waals surface area contributed by atoms with E-state index in [4.69, 9.17) is 21.1 Å². The SMILES string of the molecule is CCCOC(=O)CCCCC(=O)OCCCCCCCl. The summed E-state index contributed by atoms with van der Waals surface area (Å²) in [5, 5.41) is 0. The highest BCUT2D eigenvalue weighted by Crippen LogP contribution is 2.05. The van der Waals surface area contributed by atoms with Gasteiger partial charge in [-0.25, -0.2) is 0 Å². The highest BCUT2D eigenvalue weighted by Gasteiger charge is 2.05. The fraction of sp³-hybridized carbons (Fsp3) is 0.867. The monoisotopic (exact) mass is 306 g/mol. The van der Waals surface area contributed by atoms with Gasteiger partial charge < -0.3 is 9.47 Å². The number of carbonyl (C=O) groups is 2. The van der Waals surface area contributed by atoms with Crippen LogP contribution in [-0.2, 0) is 19.1 Å². The summed E-state index contributed by atoms with van der Waals surface area (Å²) in [5.41, 5.74) is 0. The van der Waals surface area contributed by atoms with Crippen LogP contribution in [-0.4, -0.2) is 31.0 Å². The predicted octanol–water partition coefficient (Wildman–Crippen LogP) is 3.84. The summed E-state index contributed by atoms with van der Waals surface area (Å²) < 4.78 is 10.1. The Morgan fingerprint density at radius 1 is 0.800 bits per heavy atom. The average molecular weight is 307 g/mol. The Morgan fingerprint density at radius 3 is 1.90 bits per heavy atom. The topological polar surface area (TPSA) is 52.6 Å². The highest BCUT2D eigenvalue weighted by molar-refractivity contribution is 6.17. The second-order valence-corrected chi connectivity index (χ2v) is 5.13. The first-order valence-electron chi connectivity index (χ1n) is 7.58. The zero-order valence-electron chi connectivity index (χ0n) is 12.5. The third-order valence-corrected chi connectivity index (χ3v) is 3.04. The molecule has 0 amide bonds. The van der Waals surface area contributed by atoms with Crippen molar-refractivity contribution in [2.75, 3.05) is 19.1 Å². The molecule has 0 rings (SSSR count). The van der Waals surface area contributed by atoms with Crippen LogP contribution in [0.3, 0.4) is 0 Å². The van der Waals surface area contributed by atoms with Gasteiger partial charge in [0.2, 0.25) is 0 Å². The average Bonchev–Trinajstić information content (AvgIpc) is 2.45. The number of rotatable bonds is 13. The smallest absolute Gasteiger partial charge is 0.305 e. The first-order chi connectivity index (χ1) is 9.70. The lowest BCUT2D eigenvalue weighted by Gasteiger charge is -2.05. The number of hydrogen-bond donors (Lipinski definition) is 0. The number of ether oxygens (including phenoxy) is 2. The van der Waals surface area contributed by atoms with Crippen molar-refractivity contribution in [1.29, 1.82) is 0 Å². The molecule has 20 heavy (non-hydrogen) atoms. The maximum Gasteiger partial charge on any atom is 0.305 e. The molecule has 0 aliphatic carbocycles. The van der Waals surface area contributed by atoms with Crippen molar-refractivity contribution in [1.82, 2.24) is 0 Å². The van der Waals surface area contributed by atoms with Gasteiger partial charge in [-0.3, -0.25) is 9.59 Å². The van der Waals surface area contributed by atoms with E-state index in [1.807, 2.05) is 6.92 Å². The molecule has 5 heteroatoms. The zero-order valence-corrected chi connectivity index (χ0v) is 13.3. The van der Waals surface area contributed by atoms with Crippen molar-refractivity contribution in [2.45, 2.75) is 64.7 Å². The maximum atomic E-state index is 11.4. The van der Waals surface area contributed by atoms with E-state index in [9.17, 15) is 9.59 Å². The quantitative estimate of drug-likeness (QED) is 0.295. The highest BCUT2D eigenvalue weighted by atomic mass is 35.5. The van der Waals surface area contributed by atoms with Crippen LogP contribution in [0, 0.1) is 0 Å². The van der Waals surface area contributed by atoms with Crippen molar-refractivity contribution >= 4 is 23.5 Å². The summed E-state index contributed by atoms with van der Waals surface area (Å²) in [6.07, 6.45) is 6.98. The van der Waals surface area contributed by atoms with Crippen molar-refractivity contribution in [3.63, 3.8) is 0 Å². The lowest BCUT2D eigenvalue weighted by Crippen LogP contribution is -2.07. The summed E-state index contributed by atoms with van der Waals surface area (Å²) in [6, 6.07) is 0. The molecule has 0 aromatic heterocycles. The normalized spacial score (nSPS) is 10.3. The van der Waals surface area contributed by atoms with Crippen LogP contribution < -0.4 is 0 Å². The summed E-state index contributed by atoms with van der Waals surface area (Å²) in [5.74, 6) is 0.337. The Morgan fingerprint density at radius 2 is 1.35 bits per heavy atom. The second kappa shape index (κ2) is 14.6. The van der Waals surface area contributed by atoms with Crippen LogP contribution in [0.5, 0.6) is 0 Å². The summed E-state index contributed by atoms with van der Waals surface area (Å²) >= 11 is 5.57. The molecule has 0 aromatic carbocycles. The van der Waals surface area contributed by atoms with Gasteiger partial charge in [-0.1, -0.05) is 19.8 Å². The molecule has 4 nitrogen and oxygen atoms in total. The zero-order chi connectivity index (χ0) is 15.1. The Kier molecular flexibility index (Phi) is 14.1. The number of alkyl halides is 1. The Balaban J connectivity index is 3.30. The van der Waals surface area contributed by atoms with E-state index in [1.54, 1.807) is 0 Å². The van der Waals surface area contributed by atoms with Crippen molar-refractivity contribution in [2.24, 2.45) is 0 Å². The molecule has 0 saturated carbocycles. The van der Waals surface area contributed by atoms with Gasteiger partial charge in [-0.05, 0) is 32.1 Å². The number of unbranched alkanes of at least 4 members (excludes halogenated alkanes) is 4. The summed E-state index contributed by atoms with van der Waals surface area (Å²) in [6.45, 7) is 2.92. The molecular formula is C15H27ClO4. The van der Waals surface area contributed by atoms with Gasteiger partial charge in [0.05, 0.1) is 13.2 Å². The van der Waals surface area contributed by atoms with E-state index in [-0.39, 0.29) is 11.9 Å². The van der Waals surface area contributed by atoms with Gasteiger partial charge in [0.15, 0.2) is 0 Å². The first-order valence-corrected chi connectivity index (χ1v) is 8.11. The molecule has 0 bridgehead atoms. The predicted molar refractivity (Wildman–Crippen MR) is 79.9 cm³/mol. The number of halogens is 1. The van der Waals surface area contributed by atoms with Crippen LogP contribution in [0.15, 0.2) is 0 Å². The number of hydrogen-bond acceptors (Lipinski definition) is 4. The second-order valence-electron chi connectivity index (χ2n) is 4.75. The first kappa shape index (κ1) is 19.2. The van der Waals surface area contributed by atoms with Gasteiger partial charge >= 0.3 is 11.9 Å². The largest absolute Gasteiger partial charge is 0.466 e. The molecular weight excluding hydrogens is 280 g/mol. The van der Waals surface area contributed by atoms with Crippen molar-refractivity contribution < 1.29 is 19.1 Å². The van der Waals surface area contributed by atoms with Gasteiger partial charge in [0, 0.05) is 18.7 Å². The Labute approximate surface area is 127 Å². The van der Waals surface area contributed by atoms with Crippen LogP contribution in [0.2, 0.25) is 0 Å². The van der Waals surface area contributed by atoms with E-state index in [1.165, 1.54) is 0 Å². The Bertz CT molecular complexity index is 256. The molecule has 0 aliphatic rings. The van der Waals surface area contributed by atoms with Crippen LogP contribution in [0.4, 0.5) is 0 Å². The van der Waals surface area contributed by atoms with Crippen LogP contribution in [0.1, 0.15) is 64.7 Å². The molecule has 0 fully saturated rings. The maximum absolute atomic E-state index is 11.4. The van der Waals surface area contributed by atoms with Gasteiger partial charge in [0.25, 0.3) is 0 Å². The van der Waals surface area contributed by atoms with E-state index >= 15 is 0 Å². The molecule has 0 aliphatic heterocycles. The van der Waals surface area contributed by atoms with Crippen LogP contribution >= 0.6 is 11.6 Å². The minimum atomic E-state index is -0.181. The van der Waals surface area contributed by atoms with Gasteiger partial charge in [0.1, 0.15) is 0 Å². The fourth-order valence-corrected chi connectivity index (χ4v) is 1.82. The number of carbonyl (C=O) groups excluding carboxylic acids is 2. The Hall–Kier alpha value is -0.770. The molecule has 0 heterocycles. The molecule has 118 valence electrons. The lowest BCUT2D eigenvalue weighted by atomic mass is 10.2. The van der Waals surface area contributed by atoms with E-state index in [0.717, 1.165) is 32.1 Å². The third kappa shape index (κ3) is 13.7. The van der Waals surface area contributed by atoms with Crippen molar-refractivity contribution in [3.8, 4) is 0 Å².